The molecular formula is C8H15NOS. The molecule has 11 heavy (non-hydrogen) atoms. The summed E-state index contributed by atoms with van der Waals surface area (Å²) in [6.07, 6.45) is 0. The van der Waals surface area contributed by atoms with Gasteiger partial charge in [-0.25, -0.2) is 0 Å². The van der Waals surface area contributed by atoms with E-state index in [1.54, 1.807) is 6.92 Å². The fourth-order valence-corrected chi connectivity index (χ4v) is 0.942. The molecule has 0 saturated heterocycles. The molecule has 0 saturated carbocycles. The molecule has 3 heteroatoms. The van der Waals surface area contributed by atoms with Crippen molar-refractivity contribution in [3.05, 3.63) is 11.5 Å². The average Bonchev–Trinajstić information content (AvgIpc) is 1.87. The average molecular weight is 173 g/mol. The molecule has 0 fully saturated rings. The summed E-state index contributed by atoms with van der Waals surface area (Å²) in [5.41, 5.74) is 0.909. The molecule has 2 nitrogen and oxygen atoms in total. The second-order valence-corrected chi connectivity index (χ2v) is 4.22. The number of hydrogen-bond acceptors (Lipinski definition) is 2. The predicted molar refractivity (Wildman–Crippen MR) is 50.9 cm³/mol. The summed E-state index contributed by atoms with van der Waals surface area (Å²) >= 11 is -1.23. The molecule has 0 aromatic heterocycles. The minimum absolute atomic E-state index is 0.360. The van der Waals surface area contributed by atoms with Gasteiger partial charge in [0, 0.05) is 6.92 Å². The smallest absolute Gasteiger partial charge is 0.149 e. The summed E-state index contributed by atoms with van der Waals surface area (Å²) in [6.45, 7) is 11.2. The van der Waals surface area contributed by atoms with Crippen LogP contribution in [-0.4, -0.2) is 10.3 Å². The highest BCUT2D eigenvalue weighted by atomic mass is 32.2. The highest BCUT2D eigenvalue weighted by Crippen LogP contribution is 2.07. The van der Waals surface area contributed by atoms with E-state index in [0.717, 1.165) is 5.71 Å². The second kappa shape index (κ2) is 4.57. The van der Waals surface area contributed by atoms with Crippen LogP contribution in [0.1, 0.15) is 27.7 Å². The van der Waals surface area contributed by atoms with E-state index in [0.29, 0.717) is 10.8 Å². The fourth-order valence-electron chi connectivity index (χ4n) is 0.314. The minimum atomic E-state index is -1.23. The zero-order valence-corrected chi connectivity index (χ0v) is 8.36. The van der Waals surface area contributed by atoms with Crippen LogP contribution in [0.15, 0.2) is 15.9 Å². The van der Waals surface area contributed by atoms with Gasteiger partial charge in [-0.05, 0) is 19.4 Å². The number of rotatable bonds is 3. The Bertz CT molecular complexity index is 175. The lowest BCUT2D eigenvalue weighted by Crippen LogP contribution is -2.06. The molecule has 1 unspecified atom stereocenters. The topological polar surface area (TPSA) is 35.4 Å². The summed E-state index contributed by atoms with van der Waals surface area (Å²) in [6, 6.07) is 0. The first-order valence-corrected chi connectivity index (χ1v) is 4.68. The summed E-state index contributed by atoms with van der Waals surface area (Å²) in [7, 11) is 0. The van der Waals surface area contributed by atoms with E-state index in [2.05, 4.69) is 11.0 Å². The first kappa shape index (κ1) is 10.7. The van der Waals surface area contributed by atoms with Crippen molar-refractivity contribution in [1.82, 2.24) is 0 Å². The summed E-state index contributed by atoms with van der Waals surface area (Å²) in [5.74, 6) is 0.360. The molecule has 0 aromatic carbocycles. The predicted octanol–water partition coefficient (Wildman–Crippen LogP) is 2.30. The maximum atomic E-state index is 11.1. The molecule has 0 spiro atoms. The van der Waals surface area contributed by atoms with Crippen LogP contribution in [-0.2, 0) is 11.4 Å². The van der Waals surface area contributed by atoms with E-state index in [-0.39, 0.29) is 0 Å². The van der Waals surface area contributed by atoms with Crippen LogP contribution in [0, 0.1) is 5.92 Å². The van der Waals surface area contributed by atoms with E-state index in [1.165, 1.54) is 0 Å². The summed E-state index contributed by atoms with van der Waals surface area (Å²) in [5, 5.41) is 0. The van der Waals surface area contributed by atoms with Gasteiger partial charge in [0.2, 0.25) is 0 Å². The second-order valence-electron chi connectivity index (χ2n) is 2.84. The summed E-state index contributed by atoms with van der Waals surface area (Å²) < 4.78 is 15.0. The quantitative estimate of drug-likeness (QED) is 0.476. The highest BCUT2D eigenvalue weighted by molar-refractivity contribution is 7.94. The third kappa shape index (κ3) is 4.22. The largest absolute Gasteiger partial charge is 0.586 e. The molecule has 0 N–H and O–H groups in total. The van der Waals surface area contributed by atoms with Crippen molar-refractivity contribution in [2.24, 2.45) is 10.3 Å². The fraction of sp³-hybridized carbons (Fsp3) is 0.625. The Kier molecular flexibility index (Phi) is 4.45. The van der Waals surface area contributed by atoms with Gasteiger partial charge in [0.1, 0.15) is 16.3 Å². The zero-order valence-electron chi connectivity index (χ0n) is 7.55. The molecule has 0 aliphatic heterocycles. The van der Waals surface area contributed by atoms with Gasteiger partial charge in [0.05, 0.1) is 5.71 Å². The van der Waals surface area contributed by atoms with Gasteiger partial charge < -0.3 is 4.55 Å². The first-order valence-electron chi connectivity index (χ1n) is 3.57. The molecule has 0 radical (unpaired) electrons. The van der Waals surface area contributed by atoms with Crippen LogP contribution >= 0.6 is 0 Å². The zero-order chi connectivity index (χ0) is 9.02. The lowest BCUT2D eigenvalue weighted by molar-refractivity contribution is 0.602. The lowest BCUT2D eigenvalue weighted by atomic mass is 10.1. The minimum Gasteiger partial charge on any atom is -0.586 e. The van der Waals surface area contributed by atoms with Gasteiger partial charge in [-0.15, -0.1) is 0 Å². The Morgan fingerprint density at radius 1 is 1.45 bits per heavy atom. The maximum Gasteiger partial charge on any atom is 0.149 e. The Hall–Kier alpha value is -0.280. The van der Waals surface area contributed by atoms with Crippen molar-refractivity contribution in [3.63, 3.8) is 0 Å². The standard InChI is InChI=1S/C8H15NOS/c1-6(2)8(5)9-11(10)7(3)4/h6H,3H2,1-2,4-5H3. The third-order valence-electron chi connectivity index (χ3n) is 1.36. The van der Waals surface area contributed by atoms with Crippen LogP contribution in [0.5, 0.6) is 0 Å². The van der Waals surface area contributed by atoms with E-state index >= 15 is 0 Å². The van der Waals surface area contributed by atoms with Crippen LogP contribution < -0.4 is 0 Å². The lowest BCUT2D eigenvalue weighted by Gasteiger charge is -2.05. The van der Waals surface area contributed by atoms with Crippen molar-refractivity contribution in [1.29, 1.82) is 0 Å². The molecule has 0 aliphatic carbocycles. The maximum absolute atomic E-state index is 11.1. The third-order valence-corrected chi connectivity index (χ3v) is 2.41. The molecule has 1 atom stereocenters. The molecular weight excluding hydrogens is 158 g/mol. The van der Waals surface area contributed by atoms with Crippen molar-refractivity contribution in [3.8, 4) is 0 Å². The van der Waals surface area contributed by atoms with Crippen LogP contribution in [0.3, 0.4) is 0 Å². The highest BCUT2D eigenvalue weighted by Gasteiger charge is 2.08. The van der Waals surface area contributed by atoms with Crippen LogP contribution in [0.2, 0.25) is 0 Å². The SMILES string of the molecule is C=C(C)[S+]([O-])N=C(C)C(C)C. The van der Waals surface area contributed by atoms with Gasteiger partial charge in [0.15, 0.2) is 0 Å². The molecule has 64 valence electrons. The van der Waals surface area contributed by atoms with E-state index in [4.69, 9.17) is 0 Å². The number of allylic oxidation sites excluding steroid dienone is 1. The molecule has 0 rings (SSSR count). The van der Waals surface area contributed by atoms with Crippen molar-refractivity contribution in [2.45, 2.75) is 27.7 Å². The Morgan fingerprint density at radius 3 is 2.18 bits per heavy atom. The Morgan fingerprint density at radius 2 is 1.91 bits per heavy atom. The van der Waals surface area contributed by atoms with Gasteiger partial charge in [-0.3, -0.25) is 0 Å². The molecule has 0 amide bonds. The van der Waals surface area contributed by atoms with Crippen molar-refractivity contribution >= 4 is 17.1 Å². The van der Waals surface area contributed by atoms with Gasteiger partial charge in [0.25, 0.3) is 0 Å². The molecule has 0 heterocycles. The van der Waals surface area contributed by atoms with Gasteiger partial charge in [-0.1, -0.05) is 18.2 Å². The molecule has 0 bridgehead atoms. The summed E-state index contributed by atoms with van der Waals surface area (Å²) in [4.78, 5) is 0.602. The molecule has 0 aromatic rings. The normalized spacial score (nSPS) is 15.3. The number of hydrogen-bond donors (Lipinski definition) is 0. The van der Waals surface area contributed by atoms with Crippen LogP contribution in [0.4, 0.5) is 0 Å². The van der Waals surface area contributed by atoms with E-state index in [9.17, 15) is 4.55 Å². The van der Waals surface area contributed by atoms with Crippen molar-refractivity contribution < 1.29 is 4.55 Å². The number of nitrogens with zero attached hydrogens (tertiary/aromatic N) is 1. The van der Waals surface area contributed by atoms with Gasteiger partial charge in [-0.2, -0.15) is 0 Å². The Balaban J connectivity index is 4.19. The van der Waals surface area contributed by atoms with E-state index in [1.807, 2.05) is 20.8 Å². The Labute approximate surface area is 71.7 Å². The first-order chi connectivity index (χ1) is 4.95. The monoisotopic (exact) mass is 173 g/mol. The van der Waals surface area contributed by atoms with Crippen molar-refractivity contribution in [2.75, 3.05) is 0 Å². The van der Waals surface area contributed by atoms with E-state index < -0.39 is 11.4 Å². The van der Waals surface area contributed by atoms with Gasteiger partial charge >= 0.3 is 0 Å². The van der Waals surface area contributed by atoms with Crippen LogP contribution in [0.25, 0.3) is 0 Å². The molecule has 0 aliphatic rings.